The molecular weight excluding hydrogens is 719 g/mol. The molecule has 0 aromatic carbocycles. The number of hydrogen-bond donors (Lipinski definition) is 0. The number of thioether (sulfide) groups is 1. The number of ether oxygens (including phenoxy) is 3. The van der Waals surface area contributed by atoms with Crippen molar-refractivity contribution < 1.29 is 28.6 Å². The summed E-state index contributed by atoms with van der Waals surface area (Å²) in [6.45, 7) is 1.85. The second-order valence-corrected chi connectivity index (χ2v) is 18.9. The van der Waals surface area contributed by atoms with E-state index in [0.717, 1.165) is 116 Å². The Kier molecular flexibility index (Phi) is 33.4. The van der Waals surface area contributed by atoms with Crippen LogP contribution in [0.2, 0.25) is 0 Å². The minimum Gasteiger partial charge on any atom is -0.465 e. The van der Waals surface area contributed by atoms with E-state index in [4.69, 9.17) is 14.2 Å². The van der Waals surface area contributed by atoms with E-state index in [2.05, 4.69) is 16.7 Å². The quantitative estimate of drug-likeness (QED) is 0.0725. The first kappa shape index (κ1) is 50.9. The van der Waals surface area contributed by atoms with E-state index in [0.29, 0.717) is 19.6 Å². The molecule has 0 radical (unpaired) electrons. The van der Waals surface area contributed by atoms with Gasteiger partial charge in [0, 0.05) is 6.42 Å². The molecule has 2 unspecified atom stereocenters. The number of carbonyl (C=O) groups excluding carboxylic acids is 3. The molecule has 1 heterocycles. The zero-order chi connectivity index (χ0) is 40.2. The summed E-state index contributed by atoms with van der Waals surface area (Å²) in [7, 11) is 4.05. The van der Waals surface area contributed by atoms with Crippen molar-refractivity contribution >= 4 is 29.7 Å². The molecule has 328 valence electrons. The molecule has 7 nitrogen and oxygen atoms in total. The van der Waals surface area contributed by atoms with Crippen LogP contribution in [-0.2, 0) is 28.6 Å². The van der Waals surface area contributed by atoms with Crippen LogP contribution in [0.15, 0.2) is 0 Å². The molecule has 1 aliphatic carbocycles. The van der Waals surface area contributed by atoms with Crippen LogP contribution < -0.4 is 0 Å². The molecule has 56 heavy (non-hydrogen) atoms. The average Bonchev–Trinajstić information content (AvgIpc) is 3.20. The van der Waals surface area contributed by atoms with Gasteiger partial charge >= 0.3 is 17.9 Å². The lowest BCUT2D eigenvalue weighted by Gasteiger charge is -2.19. The Balaban J connectivity index is 1.71. The summed E-state index contributed by atoms with van der Waals surface area (Å²) >= 11 is 2.11. The Hall–Kier alpha value is -1.28. The number of hydrogen-bond acceptors (Lipinski definition) is 8. The van der Waals surface area contributed by atoms with Gasteiger partial charge in [-0.25, -0.2) is 0 Å². The normalized spacial score (nSPS) is 20.7. The van der Waals surface area contributed by atoms with Crippen molar-refractivity contribution in [3.05, 3.63) is 0 Å². The molecule has 0 spiro atoms. The number of rotatable bonds is 19. The van der Waals surface area contributed by atoms with Crippen molar-refractivity contribution in [2.24, 2.45) is 11.8 Å². The molecule has 2 rings (SSSR count). The van der Waals surface area contributed by atoms with Crippen molar-refractivity contribution in [3.63, 3.8) is 0 Å². The lowest BCUT2D eigenvalue weighted by molar-refractivity contribution is -0.151. The van der Waals surface area contributed by atoms with E-state index >= 15 is 0 Å². The summed E-state index contributed by atoms with van der Waals surface area (Å²) in [4.78, 5) is 41.0. The minimum atomic E-state index is -0.101. The van der Waals surface area contributed by atoms with Crippen LogP contribution in [0, 0.1) is 11.8 Å². The summed E-state index contributed by atoms with van der Waals surface area (Å²) in [5.74, 6) is 2.63. The van der Waals surface area contributed by atoms with Crippen molar-refractivity contribution in [2.75, 3.05) is 45.4 Å². The number of carbonyl (C=O) groups is 3. The Labute approximate surface area is 350 Å². The maximum atomic E-state index is 13.1. The van der Waals surface area contributed by atoms with Crippen molar-refractivity contribution in [3.8, 4) is 0 Å². The second kappa shape index (κ2) is 36.8. The monoisotopic (exact) mass is 808 g/mol. The van der Waals surface area contributed by atoms with Crippen molar-refractivity contribution in [1.29, 1.82) is 0 Å². The summed E-state index contributed by atoms with van der Waals surface area (Å²) < 4.78 is 17.7. The molecule has 2 atom stereocenters. The van der Waals surface area contributed by atoms with Crippen LogP contribution in [-0.4, -0.2) is 74.3 Å². The standard InChI is InChI=1S/C48H89NO6S/c1-49(2)38-30-37-46(50)55-45(35-24-18-26-39-53-47(51)43-31-20-12-9-7-5-3-4-6-8-10-13-21-32-43)36-25-19-27-40-54-48(52)44-33-22-14-11-16-28-41-56-42-29-17-15-23-34-44/h43-45H,3-42H2,1-2H3. The van der Waals surface area contributed by atoms with Gasteiger partial charge < -0.3 is 19.1 Å². The van der Waals surface area contributed by atoms with Gasteiger partial charge in [0.1, 0.15) is 6.10 Å². The Morgan fingerprint density at radius 3 is 1.27 bits per heavy atom. The molecular formula is C48H89NO6S. The van der Waals surface area contributed by atoms with Crippen LogP contribution in [0.25, 0.3) is 0 Å². The Morgan fingerprint density at radius 1 is 0.500 bits per heavy atom. The molecule has 8 heteroatoms. The predicted octanol–water partition coefficient (Wildman–Crippen LogP) is 13.2. The lowest BCUT2D eigenvalue weighted by atomic mass is 9.94. The molecule has 1 saturated carbocycles. The summed E-state index contributed by atoms with van der Waals surface area (Å²) in [5, 5.41) is 0. The Morgan fingerprint density at radius 2 is 0.875 bits per heavy atom. The van der Waals surface area contributed by atoms with Gasteiger partial charge in [-0.2, -0.15) is 11.8 Å². The van der Waals surface area contributed by atoms with Gasteiger partial charge in [-0.15, -0.1) is 0 Å². The largest absolute Gasteiger partial charge is 0.465 e. The molecule has 0 amide bonds. The third-order valence-electron chi connectivity index (χ3n) is 12.1. The molecule has 2 aliphatic rings. The molecule has 2 fully saturated rings. The first-order valence-electron chi connectivity index (χ1n) is 24.2. The first-order chi connectivity index (χ1) is 27.5. The molecule has 0 N–H and O–H groups in total. The average molecular weight is 808 g/mol. The third kappa shape index (κ3) is 29.9. The minimum absolute atomic E-state index is 0.0162. The fraction of sp³-hybridized carbons (Fsp3) is 0.938. The molecule has 0 bridgehead atoms. The molecule has 1 aliphatic heterocycles. The highest BCUT2D eigenvalue weighted by atomic mass is 32.2. The van der Waals surface area contributed by atoms with Gasteiger partial charge in [0.05, 0.1) is 25.0 Å². The van der Waals surface area contributed by atoms with Crippen molar-refractivity contribution in [1.82, 2.24) is 4.90 Å². The van der Waals surface area contributed by atoms with E-state index in [-0.39, 0.29) is 35.8 Å². The van der Waals surface area contributed by atoms with E-state index in [1.165, 1.54) is 121 Å². The van der Waals surface area contributed by atoms with Gasteiger partial charge in [-0.1, -0.05) is 122 Å². The fourth-order valence-electron chi connectivity index (χ4n) is 8.41. The highest BCUT2D eigenvalue weighted by Crippen LogP contribution is 2.24. The molecule has 0 aromatic rings. The van der Waals surface area contributed by atoms with Crippen LogP contribution in [0.5, 0.6) is 0 Å². The zero-order valence-electron chi connectivity index (χ0n) is 36.8. The van der Waals surface area contributed by atoms with Gasteiger partial charge in [-0.3, -0.25) is 14.4 Å². The van der Waals surface area contributed by atoms with Crippen LogP contribution >= 0.6 is 11.8 Å². The topological polar surface area (TPSA) is 82.1 Å². The molecule has 1 saturated heterocycles. The first-order valence-corrected chi connectivity index (χ1v) is 25.4. The summed E-state index contributed by atoms with van der Waals surface area (Å²) in [5.41, 5.74) is 0. The van der Waals surface area contributed by atoms with Crippen LogP contribution in [0.4, 0.5) is 0 Å². The highest BCUT2D eigenvalue weighted by molar-refractivity contribution is 7.99. The fourth-order valence-corrected chi connectivity index (χ4v) is 9.44. The van der Waals surface area contributed by atoms with E-state index in [9.17, 15) is 14.4 Å². The van der Waals surface area contributed by atoms with E-state index in [1.807, 2.05) is 14.1 Å². The van der Waals surface area contributed by atoms with Crippen molar-refractivity contribution in [2.45, 2.75) is 231 Å². The smallest absolute Gasteiger partial charge is 0.308 e. The maximum Gasteiger partial charge on any atom is 0.308 e. The number of nitrogens with zero attached hydrogens (tertiary/aromatic N) is 1. The SMILES string of the molecule is CN(C)CCCC(=O)OC(CCCCCOC(=O)C1CCCCCCCCCCCCCC1)CCCCCOC(=O)C1CCCCCCCSCCCCCC1. The maximum absolute atomic E-state index is 13.1. The lowest BCUT2D eigenvalue weighted by Crippen LogP contribution is -2.21. The number of unbranched alkanes of at least 4 members (excludes halogenated alkanes) is 4. The van der Waals surface area contributed by atoms with E-state index < -0.39 is 0 Å². The second-order valence-electron chi connectivity index (χ2n) is 17.6. The van der Waals surface area contributed by atoms with Gasteiger partial charge in [-0.05, 0) is 128 Å². The van der Waals surface area contributed by atoms with Gasteiger partial charge in [0.25, 0.3) is 0 Å². The summed E-state index contributed by atoms with van der Waals surface area (Å²) in [6.07, 6.45) is 39.0. The van der Waals surface area contributed by atoms with Crippen LogP contribution in [0.1, 0.15) is 225 Å². The molecule has 0 aromatic heterocycles. The zero-order valence-corrected chi connectivity index (χ0v) is 37.6. The third-order valence-corrected chi connectivity index (χ3v) is 13.2. The predicted molar refractivity (Wildman–Crippen MR) is 236 cm³/mol. The van der Waals surface area contributed by atoms with Crippen LogP contribution in [0.3, 0.4) is 0 Å². The van der Waals surface area contributed by atoms with Gasteiger partial charge in [0.2, 0.25) is 0 Å². The van der Waals surface area contributed by atoms with E-state index in [1.54, 1.807) is 0 Å². The Bertz CT molecular complexity index is 855. The van der Waals surface area contributed by atoms with Gasteiger partial charge in [0.15, 0.2) is 0 Å². The summed E-state index contributed by atoms with van der Waals surface area (Å²) in [6, 6.07) is 0. The highest BCUT2D eigenvalue weighted by Gasteiger charge is 2.21. The number of esters is 3.